The number of para-hydroxylation sites is 3. The first-order chi connectivity index (χ1) is 11.8. The normalized spacial score (nSPS) is 10.0. The highest BCUT2D eigenvalue weighted by Crippen LogP contribution is 2.15. The van der Waals surface area contributed by atoms with E-state index in [9.17, 15) is 4.79 Å². The number of rotatable bonds is 4. The summed E-state index contributed by atoms with van der Waals surface area (Å²) in [6.07, 6.45) is 1.67. The zero-order valence-electron chi connectivity index (χ0n) is 13.3. The summed E-state index contributed by atoms with van der Waals surface area (Å²) < 4.78 is 7.05. The Morgan fingerprint density at radius 2 is 2.00 bits per heavy atom. The van der Waals surface area contributed by atoms with Gasteiger partial charge in [-0.15, -0.1) is 0 Å². The zero-order valence-corrected chi connectivity index (χ0v) is 13.3. The van der Waals surface area contributed by atoms with Crippen molar-refractivity contribution in [3.8, 4) is 17.6 Å². The van der Waals surface area contributed by atoms with Gasteiger partial charge >= 0.3 is 0 Å². The predicted octanol–water partition coefficient (Wildman–Crippen LogP) is 2.21. The third kappa shape index (κ3) is 3.55. The van der Waals surface area contributed by atoms with E-state index in [4.69, 9.17) is 4.74 Å². The third-order valence-electron chi connectivity index (χ3n) is 3.55. The number of ether oxygens (including phenoxy) is 1. The van der Waals surface area contributed by atoms with Crippen LogP contribution in [0.15, 0.2) is 54.9 Å². The van der Waals surface area contributed by atoms with Crippen molar-refractivity contribution in [1.82, 2.24) is 14.9 Å². The van der Waals surface area contributed by atoms with Gasteiger partial charge in [-0.1, -0.05) is 36.1 Å². The molecule has 0 aliphatic heterocycles. The molecule has 1 aromatic heterocycles. The molecule has 5 heteroatoms. The molecule has 3 aromatic rings. The molecule has 0 saturated carbocycles. The van der Waals surface area contributed by atoms with Crippen LogP contribution < -0.4 is 10.1 Å². The van der Waals surface area contributed by atoms with Crippen molar-refractivity contribution in [2.24, 2.45) is 0 Å². The smallest absolute Gasteiger partial charge is 0.240 e. The average molecular weight is 319 g/mol. The Labute approximate surface area is 140 Å². The molecule has 0 fully saturated rings. The van der Waals surface area contributed by atoms with Gasteiger partial charge in [0.15, 0.2) is 0 Å². The second-order valence-electron chi connectivity index (χ2n) is 5.14. The number of amides is 1. The van der Waals surface area contributed by atoms with E-state index >= 15 is 0 Å². The quantitative estimate of drug-likeness (QED) is 0.750. The first-order valence-corrected chi connectivity index (χ1v) is 7.56. The van der Waals surface area contributed by atoms with Gasteiger partial charge in [-0.05, 0) is 24.3 Å². The van der Waals surface area contributed by atoms with Gasteiger partial charge in [-0.3, -0.25) is 4.79 Å². The van der Waals surface area contributed by atoms with Gasteiger partial charge in [0, 0.05) is 0 Å². The molecule has 120 valence electrons. The van der Waals surface area contributed by atoms with Crippen LogP contribution >= 0.6 is 0 Å². The Kier molecular flexibility index (Phi) is 4.78. The van der Waals surface area contributed by atoms with Crippen molar-refractivity contribution < 1.29 is 9.53 Å². The largest absolute Gasteiger partial charge is 0.495 e. The van der Waals surface area contributed by atoms with E-state index in [1.54, 1.807) is 13.4 Å². The molecule has 2 aromatic carbocycles. The number of fused-ring (bicyclic) bond motifs is 1. The van der Waals surface area contributed by atoms with Crippen LogP contribution in [0.2, 0.25) is 0 Å². The van der Waals surface area contributed by atoms with Crippen LogP contribution in [-0.4, -0.2) is 29.1 Å². The minimum atomic E-state index is -0.104. The summed E-state index contributed by atoms with van der Waals surface area (Å²) in [6.45, 7) is 0.500. The summed E-state index contributed by atoms with van der Waals surface area (Å²) >= 11 is 0. The maximum atomic E-state index is 12.0. The van der Waals surface area contributed by atoms with Crippen LogP contribution in [0.1, 0.15) is 5.56 Å². The molecule has 0 unspecified atom stereocenters. The van der Waals surface area contributed by atoms with Gasteiger partial charge in [0.05, 0.1) is 36.6 Å². The van der Waals surface area contributed by atoms with Crippen LogP contribution in [0, 0.1) is 11.8 Å². The number of nitrogens with zero attached hydrogens (tertiary/aromatic N) is 2. The van der Waals surface area contributed by atoms with Gasteiger partial charge in [0.2, 0.25) is 5.91 Å². The zero-order chi connectivity index (χ0) is 16.8. The van der Waals surface area contributed by atoms with Crippen molar-refractivity contribution in [2.75, 3.05) is 13.7 Å². The van der Waals surface area contributed by atoms with E-state index in [1.807, 2.05) is 53.1 Å². The number of aromatic nitrogens is 2. The van der Waals surface area contributed by atoms with Crippen LogP contribution in [0.5, 0.6) is 5.75 Å². The van der Waals surface area contributed by atoms with Crippen LogP contribution in [0.25, 0.3) is 11.0 Å². The summed E-state index contributed by atoms with van der Waals surface area (Å²) in [5.41, 5.74) is 2.61. The SMILES string of the molecule is COc1ccccc1C#CCNC(=O)Cn1cnc2ccccc21. The van der Waals surface area contributed by atoms with E-state index in [-0.39, 0.29) is 19.0 Å². The second-order valence-corrected chi connectivity index (χ2v) is 5.14. The van der Waals surface area contributed by atoms with Crippen molar-refractivity contribution in [3.63, 3.8) is 0 Å². The van der Waals surface area contributed by atoms with Crippen LogP contribution in [0.4, 0.5) is 0 Å². The van der Waals surface area contributed by atoms with Crippen molar-refractivity contribution in [3.05, 3.63) is 60.4 Å². The molecule has 0 spiro atoms. The standard InChI is InChI=1S/C19H17N3O2/c1-24-18-11-5-2-7-15(18)8-6-12-20-19(23)13-22-14-21-16-9-3-4-10-17(16)22/h2-5,7,9-11,14H,12-13H2,1H3,(H,20,23). The topological polar surface area (TPSA) is 56.1 Å². The number of benzene rings is 2. The van der Waals surface area contributed by atoms with E-state index in [0.29, 0.717) is 0 Å². The lowest BCUT2D eigenvalue weighted by atomic mass is 10.2. The first kappa shape index (κ1) is 15.6. The molecule has 0 atom stereocenters. The Bertz CT molecular complexity index is 919. The molecule has 0 aliphatic rings. The monoisotopic (exact) mass is 319 g/mol. The number of carbonyl (C=O) groups is 1. The lowest BCUT2D eigenvalue weighted by molar-refractivity contribution is -0.121. The molecule has 0 bridgehead atoms. The third-order valence-corrected chi connectivity index (χ3v) is 3.55. The number of hydrogen-bond donors (Lipinski definition) is 1. The van der Waals surface area contributed by atoms with Crippen molar-refractivity contribution >= 4 is 16.9 Å². The van der Waals surface area contributed by atoms with E-state index in [0.717, 1.165) is 22.3 Å². The van der Waals surface area contributed by atoms with Gasteiger partial charge in [-0.25, -0.2) is 4.98 Å². The molecule has 3 rings (SSSR count). The van der Waals surface area contributed by atoms with Crippen LogP contribution in [-0.2, 0) is 11.3 Å². The van der Waals surface area contributed by atoms with Crippen LogP contribution in [0.3, 0.4) is 0 Å². The highest BCUT2D eigenvalue weighted by Gasteiger charge is 2.05. The number of imidazole rings is 1. The fourth-order valence-electron chi connectivity index (χ4n) is 2.38. The summed E-state index contributed by atoms with van der Waals surface area (Å²) in [7, 11) is 1.61. The maximum Gasteiger partial charge on any atom is 0.240 e. The van der Waals surface area contributed by atoms with Gasteiger partial charge in [0.1, 0.15) is 12.3 Å². The molecule has 0 radical (unpaired) electrons. The fraction of sp³-hybridized carbons (Fsp3) is 0.158. The minimum Gasteiger partial charge on any atom is -0.495 e. The van der Waals surface area contributed by atoms with Gasteiger partial charge < -0.3 is 14.6 Å². The van der Waals surface area contributed by atoms with Crippen molar-refractivity contribution in [2.45, 2.75) is 6.54 Å². The summed E-state index contributed by atoms with van der Waals surface area (Å²) in [4.78, 5) is 16.3. The van der Waals surface area contributed by atoms with Gasteiger partial charge in [-0.2, -0.15) is 0 Å². The average Bonchev–Trinajstić information content (AvgIpc) is 3.02. The summed E-state index contributed by atoms with van der Waals surface area (Å²) in [5, 5.41) is 2.79. The molecule has 0 aliphatic carbocycles. The molecule has 5 nitrogen and oxygen atoms in total. The predicted molar refractivity (Wildman–Crippen MR) is 92.6 cm³/mol. The minimum absolute atomic E-state index is 0.104. The molecule has 0 saturated heterocycles. The lowest BCUT2D eigenvalue weighted by Gasteiger charge is -2.04. The number of methoxy groups -OCH3 is 1. The fourth-order valence-corrected chi connectivity index (χ4v) is 2.38. The highest BCUT2D eigenvalue weighted by molar-refractivity contribution is 5.80. The molecule has 1 heterocycles. The summed E-state index contributed by atoms with van der Waals surface area (Å²) in [5.74, 6) is 6.56. The second kappa shape index (κ2) is 7.34. The Hall–Kier alpha value is -3.26. The van der Waals surface area contributed by atoms with Gasteiger partial charge in [0.25, 0.3) is 0 Å². The Morgan fingerprint density at radius 1 is 1.21 bits per heavy atom. The Morgan fingerprint density at radius 3 is 2.88 bits per heavy atom. The maximum absolute atomic E-state index is 12.0. The summed E-state index contributed by atoms with van der Waals surface area (Å²) in [6, 6.07) is 15.2. The van der Waals surface area contributed by atoms with Crippen molar-refractivity contribution in [1.29, 1.82) is 0 Å². The lowest BCUT2D eigenvalue weighted by Crippen LogP contribution is -2.27. The molecule has 1 amide bonds. The highest BCUT2D eigenvalue weighted by atomic mass is 16.5. The van der Waals surface area contributed by atoms with E-state index in [1.165, 1.54) is 0 Å². The molecule has 24 heavy (non-hydrogen) atoms. The number of nitrogens with one attached hydrogen (secondary N) is 1. The number of hydrogen-bond acceptors (Lipinski definition) is 3. The first-order valence-electron chi connectivity index (χ1n) is 7.56. The molecule has 1 N–H and O–H groups in total. The molecular formula is C19H17N3O2. The number of carbonyl (C=O) groups excluding carboxylic acids is 1. The Balaban J connectivity index is 1.58. The van der Waals surface area contributed by atoms with E-state index < -0.39 is 0 Å². The molecular weight excluding hydrogens is 302 g/mol. The van der Waals surface area contributed by atoms with E-state index in [2.05, 4.69) is 22.1 Å².